The number of aromatic hydroxyl groups is 1. The number of amides is 1. The Hall–Kier alpha value is -2.47. The molecule has 6 heteroatoms. The Morgan fingerprint density at radius 2 is 1.71 bits per heavy atom. The topological polar surface area (TPSA) is 43.8 Å². The average molecular weight is 388 g/mol. The van der Waals surface area contributed by atoms with Crippen LogP contribution in [0.5, 0.6) is 5.75 Å². The van der Waals surface area contributed by atoms with E-state index in [-0.39, 0.29) is 17.8 Å². The van der Waals surface area contributed by atoms with Gasteiger partial charge in [-0.2, -0.15) is 0 Å². The molecule has 2 aromatic rings. The maximum absolute atomic E-state index is 13.5. The first-order valence-electron chi connectivity index (χ1n) is 9.68. The predicted octanol–water partition coefficient (Wildman–Crippen LogP) is 3.75. The summed E-state index contributed by atoms with van der Waals surface area (Å²) in [6.07, 6.45) is 1.38. The minimum absolute atomic E-state index is 0.0772. The fraction of sp³-hybridized carbons (Fsp3) is 0.409. The van der Waals surface area contributed by atoms with Crippen molar-refractivity contribution in [2.45, 2.75) is 38.0 Å². The van der Waals surface area contributed by atoms with E-state index < -0.39 is 6.17 Å². The largest absolute Gasteiger partial charge is 0.508 e. The number of carbonyl (C=O) groups is 1. The van der Waals surface area contributed by atoms with Gasteiger partial charge in [-0.15, -0.1) is 0 Å². The summed E-state index contributed by atoms with van der Waals surface area (Å²) in [6.45, 7) is 2.37. The summed E-state index contributed by atoms with van der Waals surface area (Å²) in [4.78, 5) is 16.2. The van der Waals surface area contributed by atoms with Crippen LogP contribution < -0.4 is 0 Å². The lowest BCUT2D eigenvalue weighted by atomic mass is 10.1. The van der Waals surface area contributed by atoms with Gasteiger partial charge in [0.2, 0.25) is 5.91 Å². The number of piperidine rings is 1. The van der Waals surface area contributed by atoms with Crippen molar-refractivity contribution >= 4 is 5.91 Å². The maximum Gasteiger partial charge on any atom is 0.240 e. The van der Waals surface area contributed by atoms with Gasteiger partial charge in [-0.05, 0) is 55.6 Å². The zero-order valence-corrected chi connectivity index (χ0v) is 15.8. The van der Waals surface area contributed by atoms with E-state index >= 15 is 0 Å². The molecule has 4 rings (SSSR count). The Morgan fingerprint density at radius 1 is 1.00 bits per heavy atom. The first kappa shape index (κ1) is 20.3. The lowest BCUT2D eigenvalue weighted by Gasteiger charge is -2.32. The van der Waals surface area contributed by atoms with Gasteiger partial charge in [0.25, 0.3) is 0 Å². The zero-order valence-electron chi connectivity index (χ0n) is 15.8. The number of phenols is 1. The number of halogens is 2. The van der Waals surface area contributed by atoms with Gasteiger partial charge in [-0.1, -0.05) is 30.3 Å². The first-order valence-corrected chi connectivity index (χ1v) is 9.68. The third kappa shape index (κ3) is 5.52. The van der Waals surface area contributed by atoms with Crippen LogP contribution in [0.25, 0.3) is 0 Å². The Balaban J connectivity index is 0.000000271. The molecule has 28 heavy (non-hydrogen) atoms. The number of phenolic OH excluding ortho intramolecular Hbond substituents is 1. The Morgan fingerprint density at radius 3 is 2.32 bits per heavy atom. The average Bonchev–Trinajstić information content (AvgIpc) is 3.05. The summed E-state index contributed by atoms with van der Waals surface area (Å²) in [5.41, 5.74) is 0.924. The van der Waals surface area contributed by atoms with Gasteiger partial charge in [0.05, 0.1) is 6.04 Å². The predicted molar refractivity (Wildman–Crippen MR) is 104 cm³/mol. The second kappa shape index (κ2) is 9.64. The lowest BCUT2D eigenvalue weighted by Crippen LogP contribution is -2.47. The minimum Gasteiger partial charge on any atom is -0.508 e. The van der Waals surface area contributed by atoms with Crippen molar-refractivity contribution in [1.29, 1.82) is 0 Å². The molecule has 0 radical (unpaired) electrons. The maximum atomic E-state index is 13.5. The van der Waals surface area contributed by atoms with Crippen LogP contribution in [0.4, 0.5) is 8.78 Å². The highest BCUT2D eigenvalue weighted by Crippen LogP contribution is 2.24. The van der Waals surface area contributed by atoms with E-state index in [1.165, 1.54) is 12.1 Å². The van der Waals surface area contributed by atoms with Crippen LogP contribution in [0.3, 0.4) is 0 Å². The van der Waals surface area contributed by atoms with Crippen LogP contribution in [0.2, 0.25) is 0 Å². The van der Waals surface area contributed by atoms with Gasteiger partial charge in [-0.3, -0.25) is 9.69 Å². The molecule has 2 aromatic carbocycles. The molecule has 2 fully saturated rings. The van der Waals surface area contributed by atoms with Gasteiger partial charge in [-0.25, -0.2) is 8.78 Å². The van der Waals surface area contributed by atoms with E-state index in [0.29, 0.717) is 31.8 Å². The van der Waals surface area contributed by atoms with Crippen LogP contribution in [0.15, 0.2) is 54.6 Å². The van der Waals surface area contributed by atoms with E-state index in [2.05, 4.69) is 0 Å². The van der Waals surface area contributed by atoms with Crippen molar-refractivity contribution in [2.75, 3.05) is 19.6 Å². The van der Waals surface area contributed by atoms with E-state index in [4.69, 9.17) is 5.11 Å². The van der Waals surface area contributed by atoms with Gasteiger partial charge in [0, 0.05) is 19.6 Å². The smallest absolute Gasteiger partial charge is 0.240 e. The van der Waals surface area contributed by atoms with Gasteiger partial charge in [0.1, 0.15) is 17.7 Å². The number of likely N-dealkylation sites (tertiary alicyclic amines) is 2. The van der Waals surface area contributed by atoms with Crippen molar-refractivity contribution in [1.82, 2.24) is 9.80 Å². The summed E-state index contributed by atoms with van der Waals surface area (Å²) in [5, 5.41) is 8.63. The number of alkyl halides is 1. The van der Waals surface area contributed by atoms with Crippen LogP contribution in [0.1, 0.15) is 24.8 Å². The molecule has 2 saturated heterocycles. The molecule has 2 unspecified atom stereocenters. The standard InChI is InChI=1S/C16H20F2N2O.C6H6O/c17-13-5-3-12(4-6-13)10-20-9-7-15(16(20)21)19-8-1-2-14(18)11-19;7-6-4-2-1-3-5-6/h3-6,14-15H,1-2,7-11H2;1-5,7H. The van der Waals surface area contributed by atoms with E-state index in [0.717, 1.165) is 24.9 Å². The number of rotatable bonds is 3. The summed E-state index contributed by atoms with van der Waals surface area (Å²) in [5.74, 6) is 0.127. The number of carbonyl (C=O) groups excluding carboxylic acids is 1. The molecule has 2 atom stereocenters. The highest BCUT2D eigenvalue weighted by molar-refractivity contribution is 5.84. The molecule has 2 heterocycles. The fourth-order valence-electron chi connectivity index (χ4n) is 3.69. The van der Waals surface area contributed by atoms with E-state index in [9.17, 15) is 13.6 Å². The van der Waals surface area contributed by atoms with E-state index in [1.807, 2.05) is 11.0 Å². The third-order valence-corrected chi connectivity index (χ3v) is 5.15. The highest BCUT2D eigenvalue weighted by atomic mass is 19.1. The number of para-hydroxylation sites is 1. The summed E-state index contributed by atoms with van der Waals surface area (Å²) in [7, 11) is 0. The van der Waals surface area contributed by atoms with Crippen molar-refractivity contribution in [2.24, 2.45) is 0 Å². The fourth-order valence-corrected chi connectivity index (χ4v) is 3.69. The molecule has 1 amide bonds. The van der Waals surface area contributed by atoms with Crippen molar-refractivity contribution in [3.8, 4) is 5.75 Å². The minimum atomic E-state index is -0.808. The van der Waals surface area contributed by atoms with Crippen LogP contribution >= 0.6 is 0 Å². The normalized spacial score (nSPS) is 22.6. The van der Waals surface area contributed by atoms with Gasteiger partial charge < -0.3 is 10.0 Å². The molecule has 0 bridgehead atoms. The third-order valence-electron chi connectivity index (χ3n) is 5.15. The molecule has 0 aliphatic carbocycles. The number of hydrogen-bond acceptors (Lipinski definition) is 3. The number of nitrogens with zero attached hydrogens (tertiary/aromatic N) is 2. The SMILES string of the molecule is O=C1C(N2CCCC(F)C2)CCN1Cc1ccc(F)cc1.Oc1ccccc1. The zero-order chi connectivity index (χ0) is 19.9. The quantitative estimate of drug-likeness (QED) is 0.871. The summed E-state index contributed by atoms with van der Waals surface area (Å²) < 4.78 is 26.4. The van der Waals surface area contributed by atoms with Crippen LogP contribution in [-0.2, 0) is 11.3 Å². The first-order chi connectivity index (χ1) is 13.5. The number of benzene rings is 2. The molecule has 4 nitrogen and oxygen atoms in total. The molecular weight excluding hydrogens is 362 g/mol. The van der Waals surface area contributed by atoms with Crippen molar-refractivity contribution < 1.29 is 18.7 Å². The second-order valence-electron chi connectivity index (χ2n) is 7.26. The molecule has 150 valence electrons. The summed E-state index contributed by atoms with van der Waals surface area (Å²) in [6, 6.07) is 14.8. The molecule has 0 aromatic heterocycles. The Labute approximate surface area is 164 Å². The summed E-state index contributed by atoms with van der Waals surface area (Å²) >= 11 is 0. The van der Waals surface area contributed by atoms with Gasteiger partial charge in [0.15, 0.2) is 0 Å². The lowest BCUT2D eigenvalue weighted by molar-refractivity contribution is -0.133. The number of hydrogen-bond donors (Lipinski definition) is 1. The molecule has 2 aliphatic heterocycles. The Kier molecular flexibility index (Phi) is 6.98. The molecule has 2 aliphatic rings. The van der Waals surface area contributed by atoms with Gasteiger partial charge >= 0.3 is 0 Å². The molecule has 0 saturated carbocycles. The second-order valence-corrected chi connectivity index (χ2v) is 7.26. The van der Waals surface area contributed by atoms with Crippen LogP contribution in [-0.4, -0.2) is 52.7 Å². The highest BCUT2D eigenvalue weighted by Gasteiger charge is 2.37. The van der Waals surface area contributed by atoms with Crippen LogP contribution in [0, 0.1) is 5.82 Å². The molecular formula is C22H26F2N2O2. The van der Waals surface area contributed by atoms with Crippen molar-refractivity contribution in [3.63, 3.8) is 0 Å². The molecule has 1 N–H and O–H groups in total. The monoisotopic (exact) mass is 388 g/mol. The molecule has 0 spiro atoms. The van der Waals surface area contributed by atoms with Crippen molar-refractivity contribution in [3.05, 3.63) is 66.0 Å². The Bertz CT molecular complexity index is 755. The van der Waals surface area contributed by atoms with E-state index in [1.54, 1.807) is 41.3 Å².